The second-order valence-corrected chi connectivity index (χ2v) is 8.94. The molecule has 35 heavy (non-hydrogen) atoms. The third-order valence-corrected chi connectivity index (χ3v) is 6.25. The van der Waals surface area contributed by atoms with Crippen LogP contribution in [0.5, 0.6) is 11.5 Å². The van der Waals surface area contributed by atoms with Crippen molar-refractivity contribution in [2.24, 2.45) is 0 Å². The number of rotatable bonds is 8. The molecule has 1 saturated heterocycles. The molecule has 9 heteroatoms. The SMILES string of the molecule is CCOc1cc(/C=C2/SC(=O)N(Cc3ccccc3F)C2=O)cc(Cl)c1OCc1cccc(F)c1. The number of carbonyl (C=O) groups excluding carboxylic acids is 2. The van der Waals surface area contributed by atoms with Gasteiger partial charge >= 0.3 is 0 Å². The van der Waals surface area contributed by atoms with Gasteiger partial charge in [-0.15, -0.1) is 0 Å². The molecule has 180 valence electrons. The average molecular weight is 516 g/mol. The Labute approximate surface area is 210 Å². The maximum absolute atomic E-state index is 14.0. The Balaban J connectivity index is 1.56. The first-order chi connectivity index (χ1) is 16.9. The topological polar surface area (TPSA) is 55.8 Å². The number of imide groups is 1. The summed E-state index contributed by atoms with van der Waals surface area (Å²) in [5, 5.41) is -0.264. The summed E-state index contributed by atoms with van der Waals surface area (Å²) in [7, 11) is 0. The van der Waals surface area contributed by atoms with E-state index in [2.05, 4.69) is 0 Å². The van der Waals surface area contributed by atoms with Crippen molar-refractivity contribution in [3.63, 3.8) is 0 Å². The van der Waals surface area contributed by atoms with Crippen molar-refractivity contribution in [2.45, 2.75) is 20.1 Å². The Morgan fingerprint density at radius 1 is 1.03 bits per heavy atom. The highest BCUT2D eigenvalue weighted by Crippen LogP contribution is 2.40. The van der Waals surface area contributed by atoms with E-state index in [9.17, 15) is 18.4 Å². The molecule has 1 fully saturated rings. The van der Waals surface area contributed by atoms with Gasteiger partial charge in [-0.1, -0.05) is 41.9 Å². The Hall–Kier alpha value is -3.36. The van der Waals surface area contributed by atoms with E-state index in [0.29, 0.717) is 23.5 Å². The summed E-state index contributed by atoms with van der Waals surface area (Å²) >= 11 is 7.22. The van der Waals surface area contributed by atoms with Gasteiger partial charge in [-0.3, -0.25) is 14.5 Å². The normalized spacial score (nSPS) is 14.6. The number of benzene rings is 3. The molecular formula is C26H20ClF2NO4S. The van der Waals surface area contributed by atoms with Crippen LogP contribution in [0.2, 0.25) is 5.02 Å². The van der Waals surface area contributed by atoms with E-state index in [-0.39, 0.29) is 40.2 Å². The summed E-state index contributed by atoms with van der Waals surface area (Å²) < 4.78 is 38.9. The Morgan fingerprint density at radius 3 is 2.57 bits per heavy atom. The number of amides is 2. The largest absolute Gasteiger partial charge is 0.490 e. The van der Waals surface area contributed by atoms with Gasteiger partial charge in [0.25, 0.3) is 11.1 Å². The number of hydrogen-bond donors (Lipinski definition) is 0. The number of thioether (sulfide) groups is 1. The third kappa shape index (κ3) is 5.83. The Kier molecular flexibility index (Phi) is 7.73. The van der Waals surface area contributed by atoms with Crippen LogP contribution in [0, 0.1) is 11.6 Å². The summed E-state index contributed by atoms with van der Waals surface area (Å²) in [4.78, 5) is 26.5. The van der Waals surface area contributed by atoms with Gasteiger partial charge in [0, 0.05) is 5.56 Å². The lowest BCUT2D eigenvalue weighted by molar-refractivity contribution is -0.123. The van der Waals surface area contributed by atoms with E-state index >= 15 is 0 Å². The van der Waals surface area contributed by atoms with Crippen LogP contribution in [-0.2, 0) is 17.9 Å². The molecule has 2 amide bonds. The van der Waals surface area contributed by atoms with Crippen LogP contribution in [0.3, 0.4) is 0 Å². The molecule has 5 nitrogen and oxygen atoms in total. The highest BCUT2D eigenvalue weighted by atomic mass is 35.5. The Morgan fingerprint density at radius 2 is 1.83 bits per heavy atom. The highest BCUT2D eigenvalue weighted by Gasteiger charge is 2.35. The second-order valence-electron chi connectivity index (χ2n) is 7.54. The first-order valence-electron chi connectivity index (χ1n) is 10.7. The number of carbonyl (C=O) groups is 2. The van der Waals surface area contributed by atoms with Gasteiger partial charge in [0.1, 0.15) is 18.2 Å². The molecule has 4 rings (SSSR count). The fourth-order valence-electron chi connectivity index (χ4n) is 3.44. The van der Waals surface area contributed by atoms with Crippen molar-refractivity contribution in [2.75, 3.05) is 6.61 Å². The van der Waals surface area contributed by atoms with Gasteiger partial charge in [-0.05, 0) is 66.2 Å². The molecule has 0 spiro atoms. The molecule has 3 aromatic rings. The highest BCUT2D eigenvalue weighted by molar-refractivity contribution is 8.18. The minimum Gasteiger partial charge on any atom is -0.490 e. The molecule has 0 aliphatic carbocycles. The fraction of sp³-hybridized carbons (Fsp3) is 0.154. The van der Waals surface area contributed by atoms with Crippen molar-refractivity contribution < 1.29 is 27.8 Å². The average Bonchev–Trinajstić information content (AvgIpc) is 3.07. The van der Waals surface area contributed by atoms with Gasteiger partial charge < -0.3 is 9.47 Å². The summed E-state index contributed by atoms with van der Waals surface area (Å²) in [5.41, 5.74) is 1.39. The zero-order valence-corrected chi connectivity index (χ0v) is 20.2. The van der Waals surface area contributed by atoms with E-state index in [1.165, 1.54) is 36.4 Å². The van der Waals surface area contributed by atoms with E-state index in [0.717, 1.165) is 16.7 Å². The second kappa shape index (κ2) is 10.9. The zero-order valence-electron chi connectivity index (χ0n) is 18.6. The monoisotopic (exact) mass is 515 g/mol. The molecule has 1 heterocycles. The Bertz CT molecular complexity index is 1310. The maximum Gasteiger partial charge on any atom is 0.293 e. The molecular weight excluding hydrogens is 496 g/mol. The molecule has 1 aliphatic rings. The number of hydrogen-bond acceptors (Lipinski definition) is 5. The first kappa shape index (κ1) is 24.8. The predicted molar refractivity (Wildman–Crippen MR) is 131 cm³/mol. The maximum atomic E-state index is 14.0. The smallest absolute Gasteiger partial charge is 0.293 e. The van der Waals surface area contributed by atoms with Crippen LogP contribution >= 0.6 is 23.4 Å². The number of ether oxygens (including phenoxy) is 2. The van der Waals surface area contributed by atoms with E-state index in [1.807, 2.05) is 0 Å². The molecule has 0 unspecified atom stereocenters. The predicted octanol–water partition coefficient (Wildman–Crippen LogP) is 6.83. The van der Waals surface area contributed by atoms with E-state index in [4.69, 9.17) is 21.1 Å². The van der Waals surface area contributed by atoms with E-state index < -0.39 is 17.0 Å². The molecule has 0 saturated carbocycles. The molecule has 3 aromatic carbocycles. The van der Waals surface area contributed by atoms with Crippen molar-refractivity contribution >= 4 is 40.6 Å². The summed E-state index contributed by atoms with van der Waals surface area (Å²) in [6.45, 7) is 2.04. The van der Waals surface area contributed by atoms with Gasteiger partial charge in [-0.25, -0.2) is 8.78 Å². The lowest BCUT2D eigenvalue weighted by Crippen LogP contribution is -2.27. The third-order valence-electron chi connectivity index (χ3n) is 5.06. The molecule has 0 bridgehead atoms. The zero-order chi connectivity index (χ0) is 24.9. The van der Waals surface area contributed by atoms with Crippen LogP contribution in [0.4, 0.5) is 13.6 Å². The summed E-state index contributed by atoms with van der Waals surface area (Å²) in [6, 6.07) is 15.2. The van der Waals surface area contributed by atoms with Crippen LogP contribution in [0.25, 0.3) is 6.08 Å². The van der Waals surface area contributed by atoms with Crippen LogP contribution in [0.15, 0.2) is 65.6 Å². The number of halogens is 3. The fourth-order valence-corrected chi connectivity index (χ4v) is 4.55. The van der Waals surface area contributed by atoms with Crippen molar-refractivity contribution in [1.82, 2.24) is 4.90 Å². The van der Waals surface area contributed by atoms with Crippen LogP contribution < -0.4 is 9.47 Å². The minimum absolute atomic E-state index is 0.0752. The molecule has 0 atom stereocenters. The van der Waals surface area contributed by atoms with Crippen molar-refractivity contribution in [3.05, 3.63) is 98.9 Å². The van der Waals surface area contributed by atoms with Crippen LogP contribution in [-0.4, -0.2) is 22.7 Å². The standard InChI is InChI=1S/C26H20ClF2NO4S/c1-2-33-22-12-17(11-20(27)24(22)34-15-16-6-5-8-19(28)10-16)13-23-25(31)30(26(32)35-23)14-18-7-3-4-9-21(18)29/h3-13H,2,14-15H2,1H3/b23-13+. The van der Waals surface area contributed by atoms with Crippen molar-refractivity contribution in [3.8, 4) is 11.5 Å². The lowest BCUT2D eigenvalue weighted by atomic mass is 10.1. The van der Waals surface area contributed by atoms with Gasteiger partial charge in [0.15, 0.2) is 11.5 Å². The van der Waals surface area contributed by atoms with E-state index in [1.54, 1.807) is 37.3 Å². The molecule has 1 aliphatic heterocycles. The van der Waals surface area contributed by atoms with Crippen LogP contribution in [0.1, 0.15) is 23.6 Å². The lowest BCUT2D eigenvalue weighted by Gasteiger charge is -2.15. The van der Waals surface area contributed by atoms with Gasteiger partial charge in [0.2, 0.25) is 0 Å². The quantitative estimate of drug-likeness (QED) is 0.308. The van der Waals surface area contributed by atoms with Gasteiger partial charge in [0.05, 0.1) is 23.1 Å². The minimum atomic E-state index is -0.524. The molecule has 0 N–H and O–H groups in total. The summed E-state index contributed by atoms with van der Waals surface area (Å²) in [6.07, 6.45) is 1.52. The summed E-state index contributed by atoms with van der Waals surface area (Å²) in [5.74, 6) is -0.765. The molecule has 0 radical (unpaired) electrons. The first-order valence-corrected chi connectivity index (χ1v) is 11.9. The molecule has 0 aromatic heterocycles. The van der Waals surface area contributed by atoms with Gasteiger partial charge in [-0.2, -0.15) is 0 Å². The van der Waals surface area contributed by atoms with Crippen molar-refractivity contribution in [1.29, 1.82) is 0 Å². The number of nitrogens with zero attached hydrogens (tertiary/aromatic N) is 1.